The zero-order chi connectivity index (χ0) is 23.4. The molecule has 0 spiro atoms. The Hall–Kier alpha value is -3.02. The van der Waals surface area contributed by atoms with Gasteiger partial charge in [0.15, 0.2) is 11.5 Å². The maximum atomic E-state index is 13.0. The van der Waals surface area contributed by atoms with E-state index in [1.807, 2.05) is 6.07 Å². The molecule has 33 heavy (non-hydrogen) atoms. The summed E-state index contributed by atoms with van der Waals surface area (Å²) in [7, 11) is 3.30. The van der Waals surface area contributed by atoms with Crippen LogP contribution in [0.15, 0.2) is 66.7 Å². The van der Waals surface area contributed by atoms with Gasteiger partial charge in [0, 0.05) is 29.7 Å². The highest BCUT2D eigenvalue weighted by Gasteiger charge is 2.34. The van der Waals surface area contributed by atoms with Gasteiger partial charge in [0.25, 0.3) is 5.91 Å². The lowest BCUT2D eigenvalue weighted by Crippen LogP contribution is -2.47. The fourth-order valence-electron chi connectivity index (χ4n) is 4.61. The number of nitrogens with one attached hydrogen (secondary N) is 1. The average Bonchev–Trinajstić information content (AvgIpc) is 2.83. The van der Waals surface area contributed by atoms with Crippen LogP contribution in [0.3, 0.4) is 0 Å². The standard InChI is InChI=1S/C27H29ClN2O3/c1-18(29-27(31)21-10-7-11-22(28)14-21)26-23-16-25(33-3)24(32-2)15-20(23)12-13-30(26)17-19-8-5-4-6-9-19/h4-11,14-16,18,26H,12-13,17H2,1-3H3,(H,29,31)/t18-,26-/m1/s1. The molecular weight excluding hydrogens is 436 g/mol. The second-order valence-corrected chi connectivity index (χ2v) is 8.77. The van der Waals surface area contributed by atoms with Crippen LogP contribution in [0.1, 0.15) is 40.0 Å². The molecule has 1 N–H and O–H groups in total. The van der Waals surface area contributed by atoms with Crippen molar-refractivity contribution in [3.05, 3.63) is 94.0 Å². The lowest BCUT2D eigenvalue weighted by Gasteiger charge is -2.41. The molecule has 172 valence electrons. The first-order chi connectivity index (χ1) is 16.0. The van der Waals surface area contributed by atoms with Crippen molar-refractivity contribution in [2.45, 2.75) is 32.0 Å². The summed E-state index contributed by atoms with van der Waals surface area (Å²) >= 11 is 6.10. The van der Waals surface area contributed by atoms with Crippen molar-refractivity contribution in [3.63, 3.8) is 0 Å². The molecule has 4 rings (SSSR count). The Morgan fingerprint density at radius 1 is 1.06 bits per heavy atom. The molecule has 0 saturated carbocycles. The van der Waals surface area contributed by atoms with Gasteiger partial charge in [-0.3, -0.25) is 9.69 Å². The van der Waals surface area contributed by atoms with E-state index >= 15 is 0 Å². The quantitative estimate of drug-likeness (QED) is 0.517. The number of ether oxygens (including phenoxy) is 2. The second kappa shape index (κ2) is 10.3. The van der Waals surface area contributed by atoms with Crippen molar-refractivity contribution < 1.29 is 14.3 Å². The van der Waals surface area contributed by atoms with Crippen LogP contribution in [-0.2, 0) is 13.0 Å². The molecule has 1 heterocycles. The number of fused-ring (bicyclic) bond motifs is 1. The molecule has 0 unspecified atom stereocenters. The van der Waals surface area contributed by atoms with E-state index in [1.54, 1.807) is 38.5 Å². The van der Waals surface area contributed by atoms with E-state index in [1.165, 1.54) is 11.1 Å². The summed E-state index contributed by atoms with van der Waals surface area (Å²) in [5, 5.41) is 3.75. The minimum Gasteiger partial charge on any atom is -0.493 e. The molecule has 3 aromatic rings. The summed E-state index contributed by atoms with van der Waals surface area (Å²) in [4.78, 5) is 15.4. The Kier molecular flexibility index (Phi) is 7.21. The molecule has 1 aliphatic rings. The third-order valence-corrected chi connectivity index (χ3v) is 6.41. The van der Waals surface area contributed by atoms with Gasteiger partial charge in [-0.05, 0) is 60.4 Å². The summed E-state index contributed by atoms with van der Waals surface area (Å²) in [6, 6.07) is 21.4. The van der Waals surface area contributed by atoms with E-state index in [2.05, 4.69) is 53.5 Å². The Labute approximate surface area is 200 Å². The summed E-state index contributed by atoms with van der Waals surface area (Å²) in [6.07, 6.45) is 0.897. The van der Waals surface area contributed by atoms with Crippen LogP contribution in [-0.4, -0.2) is 37.6 Å². The SMILES string of the molecule is COc1cc2c(cc1OC)[C@@H]([C@@H](C)NC(=O)c1cccc(Cl)c1)N(Cc1ccccc1)CC2. The monoisotopic (exact) mass is 464 g/mol. The molecule has 0 fully saturated rings. The third-order valence-electron chi connectivity index (χ3n) is 6.17. The zero-order valence-electron chi connectivity index (χ0n) is 19.2. The highest BCUT2D eigenvalue weighted by molar-refractivity contribution is 6.30. The first kappa shape index (κ1) is 23.1. The molecule has 0 bridgehead atoms. The molecule has 0 radical (unpaired) electrons. The number of carbonyl (C=O) groups is 1. The number of nitrogens with zero attached hydrogens (tertiary/aromatic N) is 1. The fraction of sp³-hybridized carbons (Fsp3) is 0.296. The number of carbonyl (C=O) groups excluding carboxylic acids is 1. The van der Waals surface area contributed by atoms with Gasteiger partial charge in [0.05, 0.1) is 20.3 Å². The summed E-state index contributed by atoms with van der Waals surface area (Å²) in [6.45, 7) is 3.72. The maximum Gasteiger partial charge on any atom is 0.251 e. The van der Waals surface area contributed by atoms with Gasteiger partial charge >= 0.3 is 0 Å². The Morgan fingerprint density at radius 3 is 2.48 bits per heavy atom. The van der Waals surface area contributed by atoms with Crippen molar-refractivity contribution in [1.82, 2.24) is 10.2 Å². The van der Waals surface area contributed by atoms with Gasteiger partial charge in [-0.1, -0.05) is 48.0 Å². The van der Waals surface area contributed by atoms with Crippen molar-refractivity contribution in [3.8, 4) is 11.5 Å². The summed E-state index contributed by atoms with van der Waals surface area (Å²) in [5.74, 6) is 1.27. The Bertz CT molecular complexity index is 1120. The van der Waals surface area contributed by atoms with Gasteiger partial charge in [-0.15, -0.1) is 0 Å². The minimum atomic E-state index is -0.155. The normalized spacial score (nSPS) is 16.5. The molecule has 3 aromatic carbocycles. The smallest absolute Gasteiger partial charge is 0.251 e. The van der Waals surface area contributed by atoms with E-state index in [4.69, 9.17) is 21.1 Å². The van der Waals surface area contributed by atoms with Crippen molar-refractivity contribution in [1.29, 1.82) is 0 Å². The molecule has 5 nitrogen and oxygen atoms in total. The molecule has 1 aliphatic heterocycles. The first-order valence-corrected chi connectivity index (χ1v) is 11.5. The average molecular weight is 465 g/mol. The lowest BCUT2D eigenvalue weighted by molar-refractivity contribution is 0.0877. The van der Waals surface area contributed by atoms with E-state index in [9.17, 15) is 4.79 Å². The number of amides is 1. The summed E-state index contributed by atoms with van der Waals surface area (Å²) < 4.78 is 11.1. The predicted octanol–water partition coefficient (Wildman–Crippen LogP) is 5.28. The largest absolute Gasteiger partial charge is 0.493 e. The molecule has 0 saturated heterocycles. The van der Waals surface area contributed by atoms with Crippen LogP contribution in [0, 0.1) is 0 Å². The number of methoxy groups -OCH3 is 2. The highest BCUT2D eigenvalue weighted by atomic mass is 35.5. The highest BCUT2D eigenvalue weighted by Crippen LogP contribution is 2.40. The van der Waals surface area contributed by atoms with Crippen LogP contribution >= 0.6 is 11.6 Å². The van der Waals surface area contributed by atoms with E-state index < -0.39 is 0 Å². The predicted molar refractivity (Wildman–Crippen MR) is 131 cm³/mol. The number of rotatable bonds is 7. The van der Waals surface area contributed by atoms with E-state index in [0.29, 0.717) is 16.3 Å². The fourth-order valence-corrected chi connectivity index (χ4v) is 4.80. The Balaban J connectivity index is 1.68. The van der Waals surface area contributed by atoms with Crippen LogP contribution < -0.4 is 14.8 Å². The van der Waals surface area contributed by atoms with Crippen LogP contribution in [0.25, 0.3) is 0 Å². The van der Waals surface area contributed by atoms with Gasteiger partial charge in [-0.2, -0.15) is 0 Å². The second-order valence-electron chi connectivity index (χ2n) is 8.33. The number of hydrogen-bond donors (Lipinski definition) is 1. The third kappa shape index (κ3) is 5.15. The summed E-state index contributed by atoms with van der Waals surface area (Å²) in [5.41, 5.74) is 4.15. The van der Waals surface area contributed by atoms with Gasteiger partial charge in [-0.25, -0.2) is 0 Å². The van der Waals surface area contributed by atoms with Crippen LogP contribution in [0.4, 0.5) is 0 Å². The number of hydrogen-bond acceptors (Lipinski definition) is 4. The lowest BCUT2D eigenvalue weighted by atomic mass is 9.87. The molecule has 1 amide bonds. The minimum absolute atomic E-state index is 0.0307. The topological polar surface area (TPSA) is 50.8 Å². The zero-order valence-corrected chi connectivity index (χ0v) is 19.9. The van der Waals surface area contributed by atoms with Crippen LogP contribution in [0.2, 0.25) is 5.02 Å². The molecule has 2 atom stereocenters. The van der Waals surface area contributed by atoms with E-state index in [0.717, 1.165) is 30.8 Å². The van der Waals surface area contributed by atoms with Crippen LogP contribution in [0.5, 0.6) is 11.5 Å². The van der Waals surface area contributed by atoms with Crippen molar-refractivity contribution >= 4 is 17.5 Å². The van der Waals surface area contributed by atoms with Gasteiger partial charge in [0.2, 0.25) is 0 Å². The molecule has 0 aliphatic carbocycles. The number of benzene rings is 3. The number of halogens is 1. The van der Waals surface area contributed by atoms with Gasteiger partial charge < -0.3 is 14.8 Å². The first-order valence-electron chi connectivity index (χ1n) is 11.1. The van der Waals surface area contributed by atoms with Crippen molar-refractivity contribution in [2.75, 3.05) is 20.8 Å². The maximum absolute atomic E-state index is 13.0. The van der Waals surface area contributed by atoms with Gasteiger partial charge in [0.1, 0.15) is 0 Å². The molecule has 0 aromatic heterocycles. The van der Waals surface area contributed by atoms with Crippen molar-refractivity contribution in [2.24, 2.45) is 0 Å². The molecular formula is C27H29ClN2O3. The Morgan fingerprint density at radius 2 is 1.79 bits per heavy atom. The van der Waals surface area contributed by atoms with E-state index in [-0.39, 0.29) is 18.0 Å². The molecule has 6 heteroatoms.